The highest BCUT2D eigenvalue weighted by molar-refractivity contribution is 6.16. The van der Waals surface area contributed by atoms with Crippen LogP contribution < -0.4 is 0 Å². The van der Waals surface area contributed by atoms with Gasteiger partial charge in [-0.3, -0.25) is 4.79 Å². The number of nitrogens with zero attached hydrogens (tertiary/aromatic N) is 2. The second-order valence-corrected chi connectivity index (χ2v) is 26.9. The molecule has 2 aliphatic rings. The molecular formula is C96H58N2O. The predicted octanol–water partition coefficient (Wildman–Crippen LogP) is 24.7. The summed E-state index contributed by atoms with van der Waals surface area (Å²) in [6, 6.07) is 129. The van der Waals surface area contributed by atoms with Gasteiger partial charge in [0.15, 0.2) is 5.78 Å². The maximum absolute atomic E-state index is 15.0. The summed E-state index contributed by atoms with van der Waals surface area (Å²) in [7, 11) is 0. The summed E-state index contributed by atoms with van der Waals surface area (Å²) in [6.45, 7) is 0. The van der Waals surface area contributed by atoms with Gasteiger partial charge in [-0.25, -0.2) is 0 Å². The van der Waals surface area contributed by atoms with E-state index in [4.69, 9.17) is 0 Å². The Hall–Kier alpha value is -13.0. The Morgan fingerprint density at radius 1 is 0.212 bits per heavy atom. The molecule has 0 N–H and O–H groups in total. The van der Waals surface area contributed by atoms with Gasteiger partial charge in [0, 0.05) is 44.0 Å². The number of fused-ring (bicyclic) bond motifs is 20. The number of ketones is 1. The number of carbonyl (C=O) groups excluding carboxylic acids is 1. The van der Waals surface area contributed by atoms with Gasteiger partial charge in [0.2, 0.25) is 0 Å². The van der Waals surface area contributed by atoms with E-state index in [9.17, 15) is 0 Å². The number of carbonyl (C=O) groups is 1. The molecule has 0 bridgehead atoms. The predicted molar refractivity (Wildman–Crippen MR) is 413 cm³/mol. The van der Waals surface area contributed by atoms with Gasteiger partial charge in [-0.2, -0.15) is 0 Å². The van der Waals surface area contributed by atoms with Crippen LogP contribution in [0.5, 0.6) is 0 Å². The number of benzene rings is 17. The lowest BCUT2D eigenvalue weighted by Crippen LogP contribution is -2.26. The van der Waals surface area contributed by atoms with Gasteiger partial charge < -0.3 is 9.13 Å². The Morgan fingerprint density at radius 2 is 0.525 bits per heavy atom. The van der Waals surface area contributed by atoms with Gasteiger partial charge >= 0.3 is 0 Å². The van der Waals surface area contributed by atoms with E-state index in [-0.39, 0.29) is 5.78 Å². The molecule has 1 spiro atoms. The van der Waals surface area contributed by atoms with Crippen molar-refractivity contribution >= 4 is 92.5 Å². The third-order valence-electron chi connectivity index (χ3n) is 21.9. The molecule has 21 rings (SSSR count). The molecule has 17 aromatic carbocycles. The Morgan fingerprint density at radius 3 is 0.929 bits per heavy atom. The highest BCUT2D eigenvalue weighted by Gasteiger charge is 2.52. The third kappa shape index (κ3) is 8.10. The topological polar surface area (TPSA) is 26.9 Å². The first kappa shape index (κ1) is 55.3. The van der Waals surface area contributed by atoms with Crippen molar-refractivity contribution < 1.29 is 4.79 Å². The molecule has 0 saturated carbocycles. The van der Waals surface area contributed by atoms with Crippen LogP contribution in [-0.2, 0) is 5.41 Å². The van der Waals surface area contributed by atoms with Gasteiger partial charge in [-0.1, -0.05) is 273 Å². The smallest absolute Gasteiger partial charge is 0.193 e. The van der Waals surface area contributed by atoms with E-state index < -0.39 is 5.41 Å². The SMILES string of the molecule is O=C(c1ccccc1)c1ccc2c(c1)C1(c3ccccc3-2)c2cc(-n3c4ccc(-c5cccc6ccccc56)cc4c4cc(-c5cccc6ccccc56)ccc43)ccc2-c2ccc(-n3c4ccc(-c5cccc6ccccc56)cc4c4cc(-c5cccc6ccccc56)ccc43)cc21. The van der Waals surface area contributed by atoms with E-state index in [0.29, 0.717) is 11.1 Å². The van der Waals surface area contributed by atoms with Crippen LogP contribution in [0.25, 0.3) is 165 Å². The molecule has 2 heterocycles. The summed E-state index contributed by atoms with van der Waals surface area (Å²) in [6.07, 6.45) is 0. The van der Waals surface area contributed by atoms with Crippen LogP contribution >= 0.6 is 0 Å². The van der Waals surface area contributed by atoms with Crippen molar-refractivity contribution in [2.45, 2.75) is 5.41 Å². The zero-order valence-corrected chi connectivity index (χ0v) is 53.8. The quantitative estimate of drug-likeness (QED) is 0.139. The second-order valence-electron chi connectivity index (χ2n) is 26.9. The molecule has 0 fully saturated rings. The van der Waals surface area contributed by atoms with E-state index in [0.717, 1.165) is 44.6 Å². The van der Waals surface area contributed by atoms with Crippen molar-refractivity contribution in [2.24, 2.45) is 0 Å². The van der Waals surface area contributed by atoms with Crippen molar-refractivity contribution in [1.82, 2.24) is 9.13 Å². The van der Waals surface area contributed by atoms with E-state index in [1.54, 1.807) is 0 Å². The normalized spacial score (nSPS) is 12.8. The van der Waals surface area contributed by atoms with Crippen LogP contribution in [0, 0.1) is 0 Å². The molecule has 2 aromatic heterocycles. The number of rotatable bonds is 8. The molecule has 99 heavy (non-hydrogen) atoms. The summed E-state index contributed by atoms with van der Waals surface area (Å²) in [5, 5.41) is 14.5. The van der Waals surface area contributed by atoms with E-state index in [2.05, 4.69) is 325 Å². The standard InChI is InChI=1S/C96H58N2O/c99-95(63-22-2-1-3-23-63)68-38-45-80-79-32-12-13-37-87(79)96(88(80)56-68)89-57-69(97-91-48-39-64(75-33-14-24-59-18-4-8-28-71(59)75)52-83(91)84-53-65(40-49-92(84)97)76-34-15-25-60-19-5-9-29-72(60)76)43-46-81(89)82-47-44-70(58-90(82)96)98-93-50-41-66(77-35-16-26-61-20-6-10-30-73(61)77)54-85(93)86-55-67(42-51-94(86)98)78-36-17-27-62-21-7-11-31-74(62)78/h1-58H. The Labute approximate surface area is 571 Å². The summed E-state index contributed by atoms with van der Waals surface area (Å²) in [5.74, 6) is -0.00232. The zero-order valence-electron chi connectivity index (χ0n) is 53.8. The summed E-state index contributed by atoms with van der Waals surface area (Å²) >= 11 is 0. The highest BCUT2D eigenvalue weighted by Crippen LogP contribution is 2.64. The van der Waals surface area contributed by atoms with Gasteiger partial charge in [-0.05, 0) is 211 Å². The molecule has 458 valence electrons. The third-order valence-corrected chi connectivity index (χ3v) is 21.9. The highest BCUT2D eigenvalue weighted by atomic mass is 16.1. The number of hydrogen-bond acceptors (Lipinski definition) is 1. The minimum Gasteiger partial charge on any atom is -0.309 e. The van der Waals surface area contributed by atoms with Gasteiger partial charge in [-0.15, -0.1) is 0 Å². The zero-order chi connectivity index (χ0) is 65.0. The van der Waals surface area contributed by atoms with Gasteiger partial charge in [0.1, 0.15) is 0 Å². The van der Waals surface area contributed by atoms with Crippen LogP contribution in [0.3, 0.4) is 0 Å². The number of hydrogen-bond donors (Lipinski definition) is 0. The Balaban J connectivity index is 0.817. The van der Waals surface area contributed by atoms with E-state index in [1.807, 2.05) is 36.4 Å². The maximum atomic E-state index is 15.0. The van der Waals surface area contributed by atoms with E-state index in [1.165, 1.54) is 143 Å². The fraction of sp³-hybridized carbons (Fsp3) is 0.0104. The van der Waals surface area contributed by atoms with Gasteiger partial charge in [0.25, 0.3) is 0 Å². The molecule has 0 unspecified atom stereocenters. The molecular weight excluding hydrogens is 1200 g/mol. The first-order valence-electron chi connectivity index (χ1n) is 34.2. The molecule has 0 radical (unpaired) electrons. The van der Waals surface area contributed by atoms with Crippen LogP contribution in [0.4, 0.5) is 0 Å². The largest absolute Gasteiger partial charge is 0.309 e. The van der Waals surface area contributed by atoms with Crippen LogP contribution in [0.1, 0.15) is 38.2 Å². The average Bonchev–Trinajstić information content (AvgIpc) is 1.50. The fourth-order valence-electron chi connectivity index (χ4n) is 17.5. The summed E-state index contributed by atoms with van der Waals surface area (Å²) in [5.41, 5.74) is 25.9. The average molecular weight is 1260 g/mol. The summed E-state index contributed by atoms with van der Waals surface area (Å²) in [4.78, 5) is 15.0. The first-order chi connectivity index (χ1) is 49.0. The Kier molecular flexibility index (Phi) is 11.9. The second kappa shape index (κ2) is 21.3. The van der Waals surface area contributed by atoms with Crippen LogP contribution in [0.15, 0.2) is 352 Å². The monoisotopic (exact) mass is 1250 g/mol. The molecule has 0 aliphatic heterocycles. The minimum atomic E-state index is -0.862. The first-order valence-corrected chi connectivity index (χ1v) is 34.2. The lowest BCUT2D eigenvalue weighted by Gasteiger charge is -2.31. The molecule has 19 aromatic rings. The minimum absolute atomic E-state index is 0.00232. The maximum Gasteiger partial charge on any atom is 0.193 e. The van der Waals surface area contributed by atoms with Crippen molar-refractivity contribution in [3.63, 3.8) is 0 Å². The molecule has 0 saturated heterocycles. The summed E-state index contributed by atoms with van der Waals surface area (Å²) < 4.78 is 5.00. The molecule has 2 aliphatic carbocycles. The van der Waals surface area contributed by atoms with Crippen molar-refractivity contribution in [3.8, 4) is 78.1 Å². The molecule has 3 heteroatoms. The van der Waals surface area contributed by atoms with Gasteiger partial charge in [0.05, 0.1) is 27.5 Å². The lowest BCUT2D eigenvalue weighted by atomic mass is 9.70. The Bertz CT molecular complexity index is 6070. The molecule has 0 amide bonds. The number of aromatic nitrogens is 2. The molecule has 0 atom stereocenters. The fourth-order valence-corrected chi connectivity index (χ4v) is 17.5. The lowest BCUT2D eigenvalue weighted by molar-refractivity contribution is 0.103. The van der Waals surface area contributed by atoms with E-state index >= 15 is 4.79 Å². The van der Waals surface area contributed by atoms with Crippen LogP contribution in [0.2, 0.25) is 0 Å². The van der Waals surface area contributed by atoms with Crippen molar-refractivity contribution in [3.05, 3.63) is 385 Å². The van der Waals surface area contributed by atoms with Crippen LogP contribution in [-0.4, -0.2) is 14.9 Å². The van der Waals surface area contributed by atoms with Crippen molar-refractivity contribution in [1.29, 1.82) is 0 Å². The molecule has 3 nitrogen and oxygen atoms in total. The van der Waals surface area contributed by atoms with Crippen molar-refractivity contribution in [2.75, 3.05) is 0 Å².